The van der Waals surface area contributed by atoms with Crippen molar-refractivity contribution in [1.29, 1.82) is 0 Å². The molecule has 2 N–H and O–H groups in total. The maximum absolute atomic E-state index is 13.5. The number of sulfone groups is 1. The normalized spacial score (nSPS) is 15.5. The highest BCUT2D eigenvalue weighted by atomic mass is 32.2. The molecule has 1 aliphatic rings. The summed E-state index contributed by atoms with van der Waals surface area (Å²) < 4.78 is 39.1. The maximum Gasteiger partial charge on any atom is 0.305 e. The summed E-state index contributed by atoms with van der Waals surface area (Å²) in [5.74, 6) is -5.23. The van der Waals surface area contributed by atoms with E-state index in [4.69, 9.17) is 5.11 Å². The van der Waals surface area contributed by atoms with Gasteiger partial charge in [0.15, 0.2) is 5.78 Å². The second-order valence-corrected chi connectivity index (χ2v) is 10.4. The number of aliphatic carboxylic acids is 1. The third kappa shape index (κ3) is 5.24. The highest BCUT2D eigenvalue weighted by Crippen LogP contribution is 2.44. The van der Waals surface area contributed by atoms with Gasteiger partial charge in [-0.05, 0) is 30.2 Å². The van der Waals surface area contributed by atoms with Crippen LogP contribution in [0.1, 0.15) is 26.7 Å². The summed E-state index contributed by atoms with van der Waals surface area (Å²) in [5, 5.41) is 11.3. The first kappa shape index (κ1) is 26.0. The number of anilines is 2. The largest absolute Gasteiger partial charge is 0.481 e. The first-order chi connectivity index (χ1) is 16.5. The lowest BCUT2D eigenvalue weighted by molar-refractivity contribution is -0.141. The summed E-state index contributed by atoms with van der Waals surface area (Å²) in [4.78, 5) is 50.5. The molecule has 186 valence electrons. The number of ketones is 1. The highest BCUT2D eigenvalue weighted by Gasteiger charge is 2.38. The molecule has 3 rings (SSSR count). The van der Waals surface area contributed by atoms with Gasteiger partial charge in [0.1, 0.15) is 12.7 Å². The average Bonchev–Trinajstić information content (AvgIpc) is 2.81. The number of carboxylic acid groups (broad SMARTS) is 1. The van der Waals surface area contributed by atoms with Crippen molar-refractivity contribution in [2.24, 2.45) is 11.8 Å². The number of carbonyl (C=O) groups is 4. The standard InChI is InChI=1S/C24H25FN2O7S/c1-14(2)15(24(32)26-16(12-23(30)31)19(28)13-25)11-22(29)27-17-7-3-5-9-20(17)35(33,34)21-10-6-4-8-18(21)27/h3-10,14-16H,11-13H2,1-2H3,(H,26,32)(H,30,31). The summed E-state index contributed by atoms with van der Waals surface area (Å²) in [5.41, 5.74) is 0.297. The van der Waals surface area contributed by atoms with Crippen molar-refractivity contribution in [2.45, 2.75) is 42.5 Å². The van der Waals surface area contributed by atoms with Crippen LogP contribution in [-0.2, 0) is 29.0 Å². The molecule has 2 unspecified atom stereocenters. The maximum atomic E-state index is 13.5. The first-order valence-corrected chi connectivity index (χ1v) is 12.3. The molecule has 11 heteroatoms. The van der Waals surface area contributed by atoms with Crippen LogP contribution < -0.4 is 10.2 Å². The van der Waals surface area contributed by atoms with Crippen LogP contribution in [0, 0.1) is 11.8 Å². The zero-order chi connectivity index (χ0) is 25.9. The number of carbonyl (C=O) groups excluding carboxylic acids is 3. The molecule has 1 aliphatic heterocycles. The molecule has 0 saturated heterocycles. The summed E-state index contributed by atoms with van der Waals surface area (Å²) in [6, 6.07) is 10.5. The number of nitrogens with one attached hydrogen (secondary N) is 1. The molecule has 2 atom stereocenters. The van der Waals surface area contributed by atoms with Crippen LogP contribution in [0.3, 0.4) is 0 Å². The predicted molar refractivity (Wildman–Crippen MR) is 124 cm³/mol. The van der Waals surface area contributed by atoms with Gasteiger partial charge in [-0.15, -0.1) is 0 Å². The van der Waals surface area contributed by atoms with Crippen LogP contribution in [0.4, 0.5) is 15.8 Å². The van der Waals surface area contributed by atoms with E-state index < -0.39 is 64.4 Å². The van der Waals surface area contributed by atoms with Crippen molar-refractivity contribution in [3.05, 3.63) is 48.5 Å². The van der Waals surface area contributed by atoms with Crippen molar-refractivity contribution in [3.8, 4) is 0 Å². The number of rotatable bonds is 9. The summed E-state index contributed by atoms with van der Waals surface area (Å²) in [6.07, 6.45) is -1.16. The number of amides is 2. The molecule has 0 fully saturated rings. The Bertz CT molecular complexity index is 1220. The predicted octanol–water partition coefficient (Wildman–Crippen LogP) is 2.66. The summed E-state index contributed by atoms with van der Waals surface area (Å²) in [7, 11) is -3.87. The molecule has 0 aromatic heterocycles. The number of hydrogen-bond acceptors (Lipinski definition) is 6. The number of para-hydroxylation sites is 2. The van der Waals surface area contributed by atoms with E-state index in [2.05, 4.69) is 5.32 Å². The molecule has 2 aromatic carbocycles. The molecule has 0 saturated carbocycles. The lowest BCUT2D eigenvalue weighted by atomic mass is 9.90. The van der Waals surface area contributed by atoms with Crippen molar-refractivity contribution in [2.75, 3.05) is 11.6 Å². The van der Waals surface area contributed by atoms with Crippen molar-refractivity contribution in [3.63, 3.8) is 0 Å². The van der Waals surface area contributed by atoms with Crippen molar-refractivity contribution < 1.29 is 37.1 Å². The van der Waals surface area contributed by atoms with Gasteiger partial charge in [-0.3, -0.25) is 24.1 Å². The highest BCUT2D eigenvalue weighted by molar-refractivity contribution is 7.92. The number of nitrogens with zero attached hydrogens (tertiary/aromatic N) is 1. The van der Waals surface area contributed by atoms with E-state index in [9.17, 15) is 32.0 Å². The van der Waals surface area contributed by atoms with E-state index in [-0.39, 0.29) is 27.6 Å². The molecular formula is C24H25FN2O7S. The monoisotopic (exact) mass is 504 g/mol. The van der Waals surface area contributed by atoms with E-state index in [1.807, 2.05) is 0 Å². The van der Waals surface area contributed by atoms with E-state index in [0.29, 0.717) is 0 Å². The van der Waals surface area contributed by atoms with Gasteiger partial charge < -0.3 is 10.4 Å². The average molecular weight is 505 g/mol. The van der Waals surface area contributed by atoms with Gasteiger partial charge in [0.25, 0.3) is 0 Å². The van der Waals surface area contributed by atoms with Crippen molar-refractivity contribution >= 4 is 44.8 Å². The van der Waals surface area contributed by atoms with Crippen LogP contribution in [-0.4, -0.2) is 49.8 Å². The fourth-order valence-corrected chi connectivity index (χ4v) is 5.58. The van der Waals surface area contributed by atoms with Gasteiger partial charge in [0.2, 0.25) is 21.7 Å². The fourth-order valence-electron chi connectivity index (χ4n) is 3.96. The minimum atomic E-state index is -3.87. The Morgan fingerprint density at radius 2 is 1.46 bits per heavy atom. The Morgan fingerprint density at radius 3 is 1.91 bits per heavy atom. The topological polar surface area (TPSA) is 138 Å². The van der Waals surface area contributed by atoms with Crippen LogP contribution in [0.5, 0.6) is 0 Å². The number of halogens is 1. The zero-order valence-corrected chi connectivity index (χ0v) is 19.9. The van der Waals surface area contributed by atoms with Crippen molar-refractivity contribution in [1.82, 2.24) is 5.32 Å². The second-order valence-electron chi connectivity index (χ2n) is 8.48. The van der Waals surface area contributed by atoms with Gasteiger partial charge in [-0.1, -0.05) is 38.1 Å². The molecule has 2 aromatic rings. The SMILES string of the molecule is CC(C)C(CC(=O)N1c2ccccc2S(=O)(=O)c2ccccc21)C(=O)NC(CC(=O)O)C(=O)CF. The van der Waals surface area contributed by atoms with E-state index in [1.54, 1.807) is 38.1 Å². The van der Waals surface area contributed by atoms with E-state index >= 15 is 0 Å². The van der Waals surface area contributed by atoms with Gasteiger partial charge in [0.05, 0.1) is 27.6 Å². The molecular weight excluding hydrogens is 479 g/mol. The van der Waals surface area contributed by atoms with Gasteiger partial charge in [-0.2, -0.15) is 0 Å². The number of carboxylic acids is 1. The third-order valence-electron chi connectivity index (χ3n) is 5.79. The lowest BCUT2D eigenvalue weighted by Gasteiger charge is -2.32. The molecule has 0 spiro atoms. The lowest BCUT2D eigenvalue weighted by Crippen LogP contribution is -2.47. The number of Topliss-reactive ketones (excluding diaryl/α,β-unsaturated/α-hetero) is 1. The minimum absolute atomic E-state index is 0.0485. The molecule has 1 heterocycles. The Kier molecular flexibility index (Phi) is 7.69. The van der Waals surface area contributed by atoms with Gasteiger partial charge in [-0.25, -0.2) is 12.8 Å². The van der Waals surface area contributed by atoms with Crippen LogP contribution >= 0.6 is 0 Å². The van der Waals surface area contributed by atoms with Crippen LogP contribution in [0.15, 0.2) is 58.3 Å². The summed E-state index contributed by atoms with van der Waals surface area (Å²) >= 11 is 0. The summed E-state index contributed by atoms with van der Waals surface area (Å²) in [6.45, 7) is 1.89. The third-order valence-corrected chi connectivity index (χ3v) is 7.64. The fraction of sp³-hybridized carbons (Fsp3) is 0.333. The molecule has 35 heavy (non-hydrogen) atoms. The van der Waals surface area contributed by atoms with Crippen LogP contribution in [0.25, 0.3) is 0 Å². The number of fused-ring (bicyclic) bond motifs is 2. The Labute approximate surface area is 201 Å². The number of alkyl halides is 1. The van der Waals surface area contributed by atoms with Gasteiger partial charge in [0, 0.05) is 12.3 Å². The van der Waals surface area contributed by atoms with E-state index in [0.717, 1.165) is 0 Å². The first-order valence-electron chi connectivity index (χ1n) is 10.9. The Hall–Kier alpha value is -3.60. The Morgan fingerprint density at radius 1 is 0.943 bits per heavy atom. The molecule has 9 nitrogen and oxygen atoms in total. The molecule has 2 amide bonds. The molecule has 0 radical (unpaired) electrons. The zero-order valence-electron chi connectivity index (χ0n) is 19.1. The van der Waals surface area contributed by atoms with Crippen LogP contribution in [0.2, 0.25) is 0 Å². The smallest absolute Gasteiger partial charge is 0.305 e. The minimum Gasteiger partial charge on any atom is -0.481 e. The quantitative estimate of drug-likeness (QED) is 0.535. The number of benzene rings is 2. The van der Waals surface area contributed by atoms with E-state index in [1.165, 1.54) is 29.2 Å². The number of hydrogen-bond donors (Lipinski definition) is 2. The Balaban J connectivity index is 1.94. The molecule has 0 bridgehead atoms. The molecule has 0 aliphatic carbocycles. The van der Waals surface area contributed by atoms with Gasteiger partial charge >= 0.3 is 5.97 Å². The second kappa shape index (κ2) is 10.3.